The second-order valence-electron chi connectivity index (χ2n) is 3.88. The van der Waals surface area contributed by atoms with Crippen LogP contribution in [0.25, 0.3) is 0 Å². The Morgan fingerprint density at radius 1 is 1.24 bits per heavy atom. The lowest BCUT2D eigenvalue weighted by molar-refractivity contribution is 0.860. The summed E-state index contributed by atoms with van der Waals surface area (Å²) in [5.41, 5.74) is 9.11. The molecule has 1 aromatic carbocycles. The number of pyridine rings is 1. The van der Waals surface area contributed by atoms with Gasteiger partial charge in [0.05, 0.1) is 11.1 Å². The molecule has 88 valence electrons. The molecule has 0 bridgehead atoms. The topological polar surface area (TPSA) is 38.9 Å². The van der Waals surface area contributed by atoms with E-state index in [-0.39, 0.29) is 6.04 Å². The van der Waals surface area contributed by atoms with E-state index in [0.717, 1.165) is 21.3 Å². The minimum atomic E-state index is -0.200. The Morgan fingerprint density at radius 2 is 1.94 bits per heavy atom. The van der Waals surface area contributed by atoms with E-state index < -0.39 is 0 Å². The molecule has 0 saturated carbocycles. The fraction of sp³-hybridized carbons (Fsp3) is 0.154. The fourth-order valence-corrected chi connectivity index (χ4v) is 2.00. The van der Waals surface area contributed by atoms with Crippen LogP contribution in [0.2, 0.25) is 5.02 Å². The van der Waals surface area contributed by atoms with Crippen LogP contribution in [0, 0.1) is 6.92 Å². The molecular formula is C13H12BrClN2. The lowest BCUT2D eigenvalue weighted by Crippen LogP contribution is -2.12. The smallest absolute Gasteiger partial charge is 0.0567 e. The van der Waals surface area contributed by atoms with E-state index in [0.29, 0.717) is 5.02 Å². The number of hydrogen-bond donors (Lipinski definition) is 1. The zero-order valence-corrected chi connectivity index (χ0v) is 11.7. The number of nitrogens with zero attached hydrogens (tertiary/aromatic N) is 1. The van der Waals surface area contributed by atoms with Gasteiger partial charge in [0.1, 0.15) is 0 Å². The van der Waals surface area contributed by atoms with Gasteiger partial charge in [-0.2, -0.15) is 0 Å². The third-order valence-electron chi connectivity index (χ3n) is 2.60. The molecule has 0 fully saturated rings. The SMILES string of the molecule is Cc1ccc(C(N)c2ccc(Br)c(Cl)c2)cn1. The molecule has 2 N–H and O–H groups in total. The largest absolute Gasteiger partial charge is 0.320 e. The summed E-state index contributed by atoms with van der Waals surface area (Å²) < 4.78 is 0.872. The molecule has 2 nitrogen and oxygen atoms in total. The Labute approximate surface area is 114 Å². The van der Waals surface area contributed by atoms with Crippen molar-refractivity contribution in [3.8, 4) is 0 Å². The van der Waals surface area contributed by atoms with E-state index in [1.165, 1.54) is 0 Å². The van der Waals surface area contributed by atoms with Crippen molar-refractivity contribution in [3.63, 3.8) is 0 Å². The molecule has 1 atom stereocenters. The van der Waals surface area contributed by atoms with Crippen LogP contribution >= 0.6 is 27.5 Å². The molecule has 0 radical (unpaired) electrons. The average Bonchev–Trinajstić information content (AvgIpc) is 2.33. The normalized spacial score (nSPS) is 12.5. The van der Waals surface area contributed by atoms with Gasteiger partial charge < -0.3 is 5.73 Å². The van der Waals surface area contributed by atoms with Crippen LogP contribution in [0.3, 0.4) is 0 Å². The van der Waals surface area contributed by atoms with E-state index in [4.69, 9.17) is 17.3 Å². The summed E-state index contributed by atoms with van der Waals surface area (Å²) in [5, 5.41) is 0.665. The highest BCUT2D eigenvalue weighted by atomic mass is 79.9. The number of rotatable bonds is 2. The first-order chi connectivity index (χ1) is 8.08. The third-order valence-corrected chi connectivity index (χ3v) is 3.83. The van der Waals surface area contributed by atoms with Crippen molar-refractivity contribution < 1.29 is 0 Å². The molecule has 0 aliphatic carbocycles. The summed E-state index contributed by atoms with van der Waals surface area (Å²) in [5.74, 6) is 0. The van der Waals surface area contributed by atoms with Gasteiger partial charge in [-0.1, -0.05) is 23.7 Å². The van der Waals surface area contributed by atoms with Crippen molar-refractivity contribution in [3.05, 3.63) is 62.8 Å². The number of nitrogens with two attached hydrogens (primary N) is 1. The van der Waals surface area contributed by atoms with Gasteiger partial charge in [-0.25, -0.2) is 0 Å². The maximum absolute atomic E-state index is 6.17. The van der Waals surface area contributed by atoms with Gasteiger partial charge in [-0.3, -0.25) is 4.98 Å². The fourth-order valence-electron chi connectivity index (χ4n) is 1.56. The number of aromatic nitrogens is 1. The van der Waals surface area contributed by atoms with Crippen LogP contribution in [0.4, 0.5) is 0 Å². The van der Waals surface area contributed by atoms with Crippen LogP contribution in [-0.2, 0) is 0 Å². The third kappa shape index (κ3) is 2.86. The summed E-state index contributed by atoms with van der Waals surface area (Å²) in [6.07, 6.45) is 1.80. The van der Waals surface area contributed by atoms with E-state index in [2.05, 4.69) is 20.9 Å². The summed E-state index contributed by atoms with van der Waals surface area (Å²) >= 11 is 9.41. The maximum Gasteiger partial charge on any atom is 0.0567 e. The van der Waals surface area contributed by atoms with Gasteiger partial charge in [-0.15, -0.1) is 0 Å². The Bertz CT molecular complexity index is 525. The standard InChI is InChI=1S/C13H12BrClN2/c1-8-2-3-10(7-17-8)13(16)9-4-5-11(14)12(15)6-9/h2-7,13H,16H2,1H3. The number of hydrogen-bond acceptors (Lipinski definition) is 2. The second kappa shape index (κ2) is 5.17. The molecule has 0 amide bonds. The van der Waals surface area contributed by atoms with E-state index in [9.17, 15) is 0 Å². The summed E-state index contributed by atoms with van der Waals surface area (Å²) in [6.45, 7) is 1.95. The lowest BCUT2D eigenvalue weighted by Gasteiger charge is -2.13. The number of halogens is 2. The second-order valence-corrected chi connectivity index (χ2v) is 5.15. The number of benzene rings is 1. The molecule has 1 aromatic heterocycles. The van der Waals surface area contributed by atoms with E-state index in [1.54, 1.807) is 6.20 Å². The van der Waals surface area contributed by atoms with E-state index >= 15 is 0 Å². The molecule has 0 saturated heterocycles. The molecule has 0 spiro atoms. The quantitative estimate of drug-likeness (QED) is 0.915. The van der Waals surface area contributed by atoms with Crippen molar-refractivity contribution in [1.29, 1.82) is 0 Å². The molecule has 0 aliphatic rings. The highest BCUT2D eigenvalue weighted by Gasteiger charge is 2.10. The summed E-state index contributed by atoms with van der Waals surface area (Å²) in [6, 6.07) is 9.47. The minimum absolute atomic E-state index is 0.200. The monoisotopic (exact) mass is 310 g/mol. The zero-order chi connectivity index (χ0) is 12.4. The summed E-state index contributed by atoms with van der Waals surface area (Å²) in [7, 11) is 0. The molecule has 0 aliphatic heterocycles. The molecular weight excluding hydrogens is 300 g/mol. The van der Waals surface area contributed by atoms with Crippen molar-refractivity contribution in [2.75, 3.05) is 0 Å². The zero-order valence-electron chi connectivity index (χ0n) is 9.32. The minimum Gasteiger partial charge on any atom is -0.320 e. The van der Waals surface area contributed by atoms with Crippen molar-refractivity contribution in [2.45, 2.75) is 13.0 Å². The van der Waals surface area contributed by atoms with Crippen molar-refractivity contribution in [2.24, 2.45) is 5.73 Å². The van der Waals surface area contributed by atoms with Gasteiger partial charge >= 0.3 is 0 Å². The highest BCUT2D eigenvalue weighted by molar-refractivity contribution is 9.10. The Hall–Kier alpha value is -0.900. The average molecular weight is 312 g/mol. The number of aryl methyl sites for hydroxylation is 1. The molecule has 1 unspecified atom stereocenters. The van der Waals surface area contributed by atoms with Gasteiger partial charge in [0.15, 0.2) is 0 Å². The first kappa shape index (κ1) is 12.6. The molecule has 17 heavy (non-hydrogen) atoms. The Balaban J connectivity index is 2.33. The van der Waals surface area contributed by atoms with E-state index in [1.807, 2.05) is 37.3 Å². The van der Waals surface area contributed by atoms with Gasteiger partial charge in [0, 0.05) is 16.4 Å². The summed E-state index contributed by atoms with van der Waals surface area (Å²) in [4.78, 5) is 4.24. The molecule has 2 rings (SSSR count). The highest BCUT2D eigenvalue weighted by Crippen LogP contribution is 2.27. The Kier molecular flexibility index (Phi) is 3.82. The van der Waals surface area contributed by atoms with Crippen LogP contribution in [-0.4, -0.2) is 4.98 Å². The lowest BCUT2D eigenvalue weighted by atomic mass is 10.0. The van der Waals surface area contributed by atoms with Crippen molar-refractivity contribution in [1.82, 2.24) is 4.98 Å². The molecule has 1 heterocycles. The van der Waals surface area contributed by atoms with Crippen LogP contribution < -0.4 is 5.73 Å². The predicted molar refractivity (Wildman–Crippen MR) is 74.2 cm³/mol. The first-order valence-electron chi connectivity index (χ1n) is 5.21. The maximum atomic E-state index is 6.17. The first-order valence-corrected chi connectivity index (χ1v) is 6.38. The molecule has 2 aromatic rings. The van der Waals surface area contributed by atoms with Crippen LogP contribution in [0.1, 0.15) is 22.9 Å². The van der Waals surface area contributed by atoms with Gasteiger partial charge in [0.2, 0.25) is 0 Å². The van der Waals surface area contributed by atoms with Gasteiger partial charge in [0.25, 0.3) is 0 Å². The van der Waals surface area contributed by atoms with Crippen molar-refractivity contribution >= 4 is 27.5 Å². The predicted octanol–water partition coefficient (Wildman–Crippen LogP) is 3.85. The van der Waals surface area contributed by atoms with Crippen LogP contribution in [0.15, 0.2) is 41.0 Å². The van der Waals surface area contributed by atoms with Gasteiger partial charge in [-0.05, 0) is 52.2 Å². The molecule has 4 heteroatoms. The Morgan fingerprint density at radius 3 is 2.53 bits per heavy atom. The van der Waals surface area contributed by atoms with Crippen LogP contribution in [0.5, 0.6) is 0 Å².